The van der Waals surface area contributed by atoms with Crippen molar-refractivity contribution in [1.82, 2.24) is 25.1 Å². The normalized spacial score (nSPS) is 19.1. The number of likely N-dealkylation sites (tertiary alicyclic amines) is 1. The van der Waals surface area contributed by atoms with Crippen molar-refractivity contribution in [3.05, 3.63) is 18.5 Å². The van der Waals surface area contributed by atoms with Crippen molar-refractivity contribution in [1.29, 1.82) is 0 Å². The number of nitrogens with zero attached hydrogens (tertiary/aromatic N) is 6. The second-order valence-electron chi connectivity index (χ2n) is 7.72. The van der Waals surface area contributed by atoms with Crippen LogP contribution in [-0.4, -0.2) is 84.6 Å². The lowest BCUT2D eigenvalue weighted by molar-refractivity contribution is 0.224. The van der Waals surface area contributed by atoms with E-state index in [-0.39, 0.29) is 0 Å². The summed E-state index contributed by atoms with van der Waals surface area (Å²) in [5, 5.41) is 3.47. The van der Waals surface area contributed by atoms with Crippen molar-refractivity contribution in [2.24, 2.45) is 4.99 Å². The van der Waals surface area contributed by atoms with Crippen LogP contribution in [0.2, 0.25) is 0 Å². The van der Waals surface area contributed by atoms with Gasteiger partial charge in [0.2, 0.25) is 5.95 Å². The van der Waals surface area contributed by atoms with Crippen LogP contribution in [0.15, 0.2) is 23.5 Å². The molecule has 3 heterocycles. The highest BCUT2D eigenvalue weighted by Gasteiger charge is 2.20. The number of hydrogen-bond acceptors (Lipinski definition) is 5. The summed E-state index contributed by atoms with van der Waals surface area (Å²) in [7, 11) is 0. The molecule has 0 radical (unpaired) electrons. The molecular weight excluding hydrogens is 350 g/mol. The summed E-state index contributed by atoms with van der Waals surface area (Å²) in [6.07, 6.45) is 11.6. The fraction of sp³-hybridized carbons (Fsp3) is 0.762. The lowest BCUT2D eigenvalue weighted by Gasteiger charge is -2.36. The number of piperazine rings is 1. The van der Waals surface area contributed by atoms with Gasteiger partial charge in [0.05, 0.1) is 0 Å². The van der Waals surface area contributed by atoms with E-state index in [1.54, 1.807) is 0 Å². The summed E-state index contributed by atoms with van der Waals surface area (Å²) in [5.41, 5.74) is 0. The van der Waals surface area contributed by atoms with Crippen LogP contribution in [0.4, 0.5) is 5.95 Å². The quantitative estimate of drug-likeness (QED) is 0.419. The van der Waals surface area contributed by atoms with Crippen LogP contribution in [-0.2, 0) is 0 Å². The van der Waals surface area contributed by atoms with Gasteiger partial charge in [0.15, 0.2) is 5.96 Å². The summed E-state index contributed by atoms with van der Waals surface area (Å²) in [4.78, 5) is 20.9. The number of anilines is 1. The van der Waals surface area contributed by atoms with Crippen molar-refractivity contribution in [2.75, 3.05) is 63.8 Å². The average molecular weight is 388 g/mol. The molecule has 2 fully saturated rings. The first kappa shape index (κ1) is 20.8. The van der Waals surface area contributed by atoms with E-state index in [0.717, 1.165) is 51.2 Å². The number of hydrogen-bond donors (Lipinski definition) is 1. The maximum Gasteiger partial charge on any atom is 0.225 e. The Hall–Kier alpha value is -1.89. The van der Waals surface area contributed by atoms with Gasteiger partial charge in [-0.15, -0.1) is 0 Å². The molecule has 156 valence electrons. The Kier molecular flexibility index (Phi) is 8.81. The van der Waals surface area contributed by atoms with Crippen molar-refractivity contribution >= 4 is 11.9 Å². The predicted molar refractivity (Wildman–Crippen MR) is 116 cm³/mol. The molecule has 1 aromatic heterocycles. The van der Waals surface area contributed by atoms with Gasteiger partial charge in [-0.25, -0.2) is 9.97 Å². The summed E-state index contributed by atoms with van der Waals surface area (Å²) < 4.78 is 0. The minimum Gasteiger partial charge on any atom is -0.357 e. The van der Waals surface area contributed by atoms with E-state index in [1.807, 2.05) is 18.5 Å². The highest BCUT2D eigenvalue weighted by atomic mass is 15.4. The van der Waals surface area contributed by atoms with E-state index < -0.39 is 0 Å². The zero-order valence-corrected chi connectivity index (χ0v) is 17.5. The molecule has 0 spiro atoms. The van der Waals surface area contributed by atoms with E-state index in [4.69, 9.17) is 4.99 Å². The standard InChI is InChI=1S/C21H37N7/c1-2-22-20(23-10-5-3-6-13-26-14-7-4-8-15-26)27-16-18-28(19-17-27)21-24-11-9-12-25-21/h9,11-12H,2-8,10,13-19H2,1H3,(H,22,23). The summed E-state index contributed by atoms with van der Waals surface area (Å²) in [6, 6.07) is 1.86. The summed E-state index contributed by atoms with van der Waals surface area (Å²) >= 11 is 0. The molecule has 0 amide bonds. The average Bonchev–Trinajstić information content (AvgIpc) is 2.77. The maximum atomic E-state index is 4.89. The Balaban J connectivity index is 1.36. The van der Waals surface area contributed by atoms with Gasteiger partial charge in [0.1, 0.15) is 0 Å². The molecule has 0 unspecified atom stereocenters. The third-order valence-corrected chi connectivity index (χ3v) is 5.59. The molecule has 28 heavy (non-hydrogen) atoms. The topological polar surface area (TPSA) is 59.9 Å². The van der Waals surface area contributed by atoms with E-state index in [0.29, 0.717) is 0 Å². The van der Waals surface area contributed by atoms with E-state index >= 15 is 0 Å². The van der Waals surface area contributed by atoms with Crippen molar-refractivity contribution < 1.29 is 0 Å². The van der Waals surface area contributed by atoms with Gasteiger partial charge in [0, 0.05) is 51.7 Å². The number of unbranched alkanes of at least 4 members (excludes halogenated alkanes) is 2. The monoisotopic (exact) mass is 387 g/mol. The number of rotatable bonds is 8. The number of aromatic nitrogens is 2. The molecule has 0 atom stereocenters. The Morgan fingerprint density at radius 3 is 2.43 bits per heavy atom. The minimum atomic E-state index is 0.831. The molecule has 0 bridgehead atoms. The highest BCUT2D eigenvalue weighted by Crippen LogP contribution is 2.11. The first-order chi connectivity index (χ1) is 13.9. The van der Waals surface area contributed by atoms with Gasteiger partial charge in [0.25, 0.3) is 0 Å². The maximum absolute atomic E-state index is 4.89. The zero-order chi connectivity index (χ0) is 19.4. The Morgan fingerprint density at radius 2 is 1.71 bits per heavy atom. The largest absolute Gasteiger partial charge is 0.357 e. The molecule has 2 aliphatic heterocycles. The third kappa shape index (κ3) is 6.62. The Labute approximate surface area is 170 Å². The number of aliphatic imine (C=N–C) groups is 1. The second kappa shape index (κ2) is 11.8. The molecular formula is C21H37N7. The van der Waals surface area contributed by atoms with Crippen molar-refractivity contribution in [3.63, 3.8) is 0 Å². The van der Waals surface area contributed by atoms with E-state index in [9.17, 15) is 0 Å². The molecule has 2 aliphatic rings. The first-order valence-electron chi connectivity index (χ1n) is 11.1. The lowest BCUT2D eigenvalue weighted by Crippen LogP contribution is -2.53. The van der Waals surface area contributed by atoms with Gasteiger partial charge in [-0.3, -0.25) is 4.99 Å². The fourth-order valence-electron chi connectivity index (χ4n) is 3.99. The van der Waals surface area contributed by atoms with E-state index in [1.165, 1.54) is 58.2 Å². The predicted octanol–water partition coefficient (Wildman–Crippen LogP) is 2.22. The van der Waals surface area contributed by atoms with Crippen molar-refractivity contribution in [2.45, 2.75) is 45.4 Å². The van der Waals surface area contributed by atoms with Crippen LogP contribution >= 0.6 is 0 Å². The molecule has 2 saturated heterocycles. The Morgan fingerprint density at radius 1 is 0.964 bits per heavy atom. The van der Waals surface area contributed by atoms with Crippen LogP contribution in [0, 0.1) is 0 Å². The van der Waals surface area contributed by atoms with Gasteiger partial charge in [-0.2, -0.15) is 0 Å². The number of guanidine groups is 1. The molecule has 7 nitrogen and oxygen atoms in total. The van der Waals surface area contributed by atoms with Gasteiger partial charge >= 0.3 is 0 Å². The van der Waals surface area contributed by atoms with Crippen LogP contribution in [0.25, 0.3) is 0 Å². The second-order valence-corrected chi connectivity index (χ2v) is 7.72. The summed E-state index contributed by atoms with van der Waals surface area (Å²) in [5.74, 6) is 1.89. The van der Waals surface area contributed by atoms with Gasteiger partial charge in [-0.05, 0) is 58.3 Å². The molecule has 1 N–H and O–H groups in total. The number of nitrogens with one attached hydrogen (secondary N) is 1. The van der Waals surface area contributed by atoms with E-state index in [2.05, 4.69) is 36.9 Å². The van der Waals surface area contributed by atoms with Crippen LogP contribution in [0.5, 0.6) is 0 Å². The molecule has 0 aliphatic carbocycles. The SMILES string of the molecule is CCNC(=NCCCCCN1CCCCC1)N1CCN(c2ncccn2)CC1. The zero-order valence-electron chi connectivity index (χ0n) is 17.5. The third-order valence-electron chi connectivity index (χ3n) is 5.59. The molecule has 3 rings (SSSR count). The van der Waals surface area contributed by atoms with Gasteiger partial charge < -0.3 is 20.0 Å². The highest BCUT2D eigenvalue weighted by molar-refractivity contribution is 5.80. The number of piperidine rings is 1. The minimum absolute atomic E-state index is 0.831. The fourth-order valence-corrected chi connectivity index (χ4v) is 3.99. The van der Waals surface area contributed by atoms with Crippen LogP contribution < -0.4 is 10.2 Å². The smallest absolute Gasteiger partial charge is 0.225 e. The molecule has 0 saturated carbocycles. The van der Waals surface area contributed by atoms with Gasteiger partial charge in [-0.1, -0.05) is 12.8 Å². The van der Waals surface area contributed by atoms with Crippen LogP contribution in [0.1, 0.15) is 45.4 Å². The Bertz CT molecular complexity index is 563. The molecule has 0 aromatic carbocycles. The van der Waals surface area contributed by atoms with Crippen molar-refractivity contribution in [3.8, 4) is 0 Å². The lowest BCUT2D eigenvalue weighted by atomic mass is 10.1. The molecule has 1 aromatic rings. The summed E-state index contributed by atoms with van der Waals surface area (Å²) in [6.45, 7) is 11.6. The van der Waals surface area contributed by atoms with Crippen LogP contribution in [0.3, 0.4) is 0 Å². The molecule has 7 heteroatoms. The first-order valence-corrected chi connectivity index (χ1v) is 11.1.